The second-order valence-corrected chi connectivity index (χ2v) is 7.48. The Morgan fingerprint density at radius 2 is 1.62 bits per heavy atom. The first-order valence-corrected chi connectivity index (χ1v) is 9.64. The average molecular weight is 359 g/mol. The van der Waals surface area contributed by atoms with Crippen LogP contribution in [0, 0.1) is 12.7 Å². The predicted octanol–water partition coefficient (Wildman–Crippen LogP) is 4.66. The van der Waals surface area contributed by atoms with Crippen molar-refractivity contribution in [3.05, 3.63) is 71.8 Å². The third kappa shape index (κ3) is 4.61. The summed E-state index contributed by atoms with van der Waals surface area (Å²) in [7, 11) is 0. The van der Waals surface area contributed by atoms with Crippen molar-refractivity contribution < 1.29 is 4.39 Å². The molecule has 0 aliphatic heterocycles. The zero-order chi connectivity index (χ0) is 16.8. The third-order valence-corrected chi connectivity index (χ3v) is 5.72. The van der Waals surface area contributed by atoms with Gasteiger partial charge in [-0.05, 0) is 36.8 Å². The minimum Gasteiger partial charge on any atom is -0.302 e. The van der Waals surface area contributed by atoms with E-state index in [1.54, 1.807) is 23.5 Å². The third-order valence-electron chi connectivity index (χ3n) is 3.48. The molecule has 0 radical (unpaired) electrons. The molecule has 0 fully saturated rings. The van der Waals surface area contributed by atoms with Crippen molar-refractivity contribution in [2.45, 2.75) is 23.5 Å². The van der Waals surface area contributed by atoms with E-state index in [4.69, 9.17) is 0 Å². The maximum absolute atomic E-state index is 12.9. The highest BCUT2D eigenvalue weighted by Gasteiger charge is 2.09. The summed E-state index contributed by atoms with van der Waals surface area (Å²) in [5.74, 6) is 2.59. The van der Waals surface area contributed by atoms with Crippen molar-refractivity contribution in [1.82, 2.24) is 14.8 Å². The van der Waals surface area contributed by atoms with Gasteiger partial charge in [0, 0.05) is 16.4 Å². The number of hydrogen-bond donors (Lipinski definition) is 0. The molecule has 0 spiro atoms. The Kier molecular flexibility index (Phi) is 5.93. The van der Waals surface area contributed by atoms with Gasteiger partial charge in [0.15, 0.2) is 5.16 Å². The summed E-state index contributed by atoms with van der Waals surface area (Å²) in [4.78, 5) is 1.08. The Balaban J connectivity index is 1.55. The zero-order valence-corrected chi connectivity index (χ0v) is 15.0. The van der Waals surface area contributed by atoms with Gasteiger partial charge in [0.1, 0.15) is 11.6 Å². The minimum atomic E-state index is -0.196. The first kappa shape index (κ1) is 17.0. The maximum atomic E-state index is 12.9. The normalized spacial score (nSPS) is 10.9. The molecule has 0 aliphatic rings. The Hall–Kier alpha value is -1.79. The van der Waals surface area contributed by atoms with Crippen LogP contribution in [-0.2, 0) is 6.54 Å². The number of aryl methyl sites for hydroxylation is 1. The van der Waals surface area contributed by atoms with Crippen LogP contribution >= 0.6 is 23.5 Å². The molecule has 6 heteroatoms. The van der Waals surface area contributed by atoms with Crippen LogP contribution in [0.2, 0.25) is 0 Å². The van der Waals surface area contributed by atoms with Crippen molar-refractivity contribution in [1.29, 1.82) is 0 Å². The molecule has 24 heavy (non-hydrogen) atoms. The number of rotatable bonds is 7. The summed E-state index contributed by atoms with van der Waals surface area (Å²) < 4.78 is 15.0. The molecule has 124 valence electrons. The highest BCUT2D eigenvalue weighted by molar-refractivity contribution is 8.02. The first-order valence-electron chi connectivity index (χ1n) is 7.67. The standard InChI is InChI=1S/C18H18FN3S2/c1-14-20-21-18(22(14)13-15-5-3-2-4-6-15)24-12-11-23-17-9-7-16(19)8-10-17/h2-10H,11-13H2,1H3. The van der Waals surface area contributed by atoms with E-state index in [9.17, 15) is 4.39 Å². The number of halogens is 1. The van der Waals surface area contributed by atoms with Crippen LogP contribution in [0.15, 0.2) is 64.6 Å². The molecule has 0 saturated heterocycles. The molecule has 0 atom stereocenters. The van der Waals surface area contributed by atoms with Gasteiger partial charge in [0.05, 0.1) is 6.54 Å². The van der Waals surface area contributed by atoms with E-state index < -0.39 is 0 Å². The van der Waals surface area contributed by atoms with Crippen LogP contribution in [0.1, 0.15) is 11.4 Å². The molecule has 3 nitrogen and oxygen atoms in total. The van der Waals surface area contributed by atoms with E-state index in [1.807, 2.05) is 37.3 Å². The second kappa shape index (κ2) is 8.35. The first-order chi connectivity index (χ1) is 11.7. The largest absolute Gasteiger partial charge is 0.302 e. The van der Waals surface area contributed by atoms with Crippen molar-refractivity contribution >= 4 is 23.5 Å². The van der Waals surface area contributed by atoms with E-state index >= 15 is 0 Å². The van der Waals surface area contributed by atoms with Gasteiger partial charge in [-0.2, -0.15) is 0 Å². The van der Waals surface area contributed by atoms with E-state index in [2.05, 4.69) is 26.9 Å². The Bertz CT molecular complexity index is 773. The summed E-state index contributed by atoms with van der Waals surface area (Å²) >= 11 is 3.42. The van der Waals surface area contributed by atoms with Gasteiger partial charge < -0.3 is 4.57 Å². The lowest BCUT2D eigenvalue weighted by atomic mass is 10.2. The van der Waals surface area contributed by atoms with Crippen LogP contribution in [0.5, 0.6) is 0 Å². The molecule has 0 unspecified atom stereocenters. The minimum absolute atomic E-state index is 0.196. The summed E-state index contributed by atoms with van der Waals surface area (Å²) in [6.07, 6.45) is 0. The van der Waals surface area contributed by atoms with Crippen LogP contribution in [0.4, 0.5) is 4.39 Å². The highest BCUT2D eigenvalue weighted by Crippen LogP contribution is 2.23. The van der Waals surface area contributed by atoms with Crippen LogP contribution < -0.4 is 0 Å². The number of benzene rings is 2. The molecule has 2 aromatic carbocycles. The van der Waals surface area contributed by atoms with Crippen LogP contribution in [0.3, 0.4) is 0 Å². The van der Waals surface area contributed by atoms with Gasteiger partial charge in [0.25, 0.3) is 0 Å². The lowest BCUT2D eigenvalue weighted by Crippen LogP contribution is -2.04. The number of thioether (sulfide) groups is 2. The lowest BCUT2D eigenvalue weighted by Gasteiger charge is -2.08. The molecule has 1 aromatic heterocycles. The van der Waals surface area contributed by atoms with Crippen LogP contribution in [-0.4, -0.2) is 26.3 Å². The van der Waals surface area contributed by atoms with Gasteiger partial charge in [-0.15, -0.1) is 22.0 Å². The quantitative estimate of drug-likeness (QED) is 0.453. The SMILES string of the molecule is Cc1nnc(SCCSc2ccc(F)cc2)n1Cc1ccccc1. The Labute approximate surface area is 149 Å². The molecule has 3 aromatic rings. The van der Waals surface area contributed by atoms with E-state index in [0.717, 1.165) is 33.9 Å². The number of hydrogen-bond acceptors (Lipinski definition) is 4. The number of aromatic nitrogens is 3. The molecule has 0 bridgehead atoms. The summed E-state index contributed by atoms with van der Waals surface area (Å²) in [6, 6.07) is 16.9. The summed E-state index contributed by atoms with van der Waals surface area (Å²) in [5.41, 5.74) is 1.24. The van der Waals surface area contributed by atoms with E-state index in [1.165, 1.54) is 17.7 Å². The smallest absolute Gasteiger partial charge is 0.191 e. The van der Waals surface area contributed by atoms with E-state index in [-0.39, 0.29) is 5.82 Å². The van der Waals surface area contributed by atoms with Crippen molar-refractivity contribution in [3.63, 3.8) is 0 Å². The summed E-state index contributed by atoms with van der Waals surface area (Å²) in [5, 5.41) is 9.43. The fourth-order valence-corrected chi connectivity index (χ4v) is 4.10. The lowest BCUT2D eigenvalue weighted by molar-refractivity contribution is 0.626. The van der Waals surface area contributed by atoms with Crippen LogP contribution in [0.25, 0.3) is 0 Å². The van der Waals surface area contributed by atoms with Gasteiger partial charge >= 0.3 is 0 Å². The van der Waals surface area contributed by atoms with Crippen molar-refractivity contribution in [2.75, 3.05) is 11.5 Å². The van der Waals surface area contributed by atoms with Crippen molar-refractivity contribution in [3.8, 4) is 0 Å². The molecule has 0 aliphatic carbocycles. The molecule has 0 amide bonds. The molecule has 0 saturated carbocycles. The molecular formula is C18H18FN3S2. The second-order valence-electron chi connectivity index (χ2n) is 5.25. The van der Waals surface area contributed by atoms with Gasteiger partial charge in [0.2, 0.25) is 0 Å². The fraction of sp³-hybridized carbons (Fsp3) is 0.222. The maximum Gasteiger partial charge on any atom is 0.191 e. The van der Waals surface area contributed by atoms with Gasteiger partial charge in [-0.25, -0.2) is 4.39 Å². The molecule has 0 N–H and O–H groups in total. The Morgan fingerprint density at radius 1 is 0.917 bits per heavy atom. The van der Waals surface area contributed by atoms with Gasteiger partial charge in [-0.1, -0.05) is 42.1 Å². The highest BCUT2D eigenvalue weighted by atomic mass is 32.2. The predicted molar refractivity (Wildman–Crippen MR) is 98.2 cm³/mol. The van der Waals surface area contributed by atoms with Crippen molar-refractivity contribution in [2.24, 2.45) is 0 Å². The van der Waals surface area contributed by atoms with E-state index in [0.29, 0.717) is 0 Å². The molecule has 1 heterocycles. The zero-order valence-electron chi connectivity index (χ0n) is 13.4. The summed E-state index contributed by atoms with van der Waals surface area (Å²) in [6.45, 7) is 2.76. The topological polar surface area (TPSA) is 30.7 Å². The van der Waals surface area contributed by atoms with Gasteiger partial charge in [-0.3, -0.25) is 0 Å². The molecule has 3 rings (SSSR count). The Morgan fingerprint density at radius 3 is 2.38 bits per heavy atom. The molecular weight excluding hydrogens is 341 g/mol. The average Bonchev–Trinajstić information content (AvgIpc) is 2.94. The number of nitrogens with zero attached hydrogens (tertiary/aromatic N) is 3. The monoisotopic (exact) mass is 359 g/mol. The fourth-order valence-electron chi connectivity index (χ4n) is 2.24.